The highest BCUT2D eigenvalue weighted by atomic mass is 16.5. The fourth-order valence-corrected chi connectivity index (χ4v) is 2.49. The summed E-state index contributed by atoms with van der Waals surface area (Å²) in [7, 11) is 3.82. The van der Waals surface area contributed by atoms with Gasteiger partial charge in [-0.25, -0.2) is 4.98 Å². The smallest absolute Gasteiger partial charge is 0.216 e. The van der Waals surface area contributed by atoms with Gasteiger partial charge in [0.05, 0.1) is 7.11 Å². The summed E-state index contributed by atoms with van der Waals surface area (Å²) in [6.07, 6.45) is 2.27. The maximum Gasteiger partial charge on any atom is 0.216 e. The standard InChI is InChI=1S/C13H18N4O/c1-16-8-6-10(7-9-16)13-14-11-4-3-5-12(18-2)17(11)15-13/h3-5,10H,6-9H2,1-2H3. The molecule has 2 aromatic heterocycles. The molecular weight excluding hydrogens is 228 g/mol. The maximum atomic E-state index is 5.30. The molecule has 3 heterocycles. The number of piperidine rings is 1. The summed E-state index contributed by atoms with van der Waals surface area (Å²) >= 11 is 0. The average molecular weight is 246 g/mol. The zero-order valence-corrected chi connectivity index (χ0v) is 10.8. The van der Waals surface area contributed by atoms with Gasteiger partial charge in [-0.1, -0.05) is 6.07 Å². The van der Waals surface area contributed by atoms with Crippen LogP contribution in [-0.2, 0) is 0 Å². The van der Waals surface area contributed by atoms with Gasteiger partial charge in [0.15, 0.2) is 11.5 Å². The molecule has 0 aliphatic carbocycles. The van der Waals surface area contributed by atoms with Crippen LogP contribution >= 0.6 is 0 Å². The van der Waals surface area contributed by atoms with E-state index in [0.717, 1.165) is 43.3 Å². The van der Waals surface area contributed by atoms with E-state index in [1.165, 1.54) is 0 Å². The third kappa shape index (κ3) is 1.95. The lowest BCUT2D eigenvalue weighted by Crippen LogP contribution is -2.29. The number of nitrogens with zero attached hydrogens (tertiary/aromatic N) is 4. The molecule has 0 atom stereocenters. The molecule has 1 fully saturated rings. The first kappa shape index (κ1) is 11.5. The van der Waals surface area contributed by atoms with E-state index in [4.69, 9.17) is 4.74 Å². The Morgan fingerprint density at radius 1 is 1.28 bits per heavy atom. The Labute approximate surface area is 106 Å². The average Bonchev–Trinajstić information content (AvgIpc) is 2.83. The third-order valence-electron chi connectivity index (χ3n) is 3.63. The first-order valence-corrected chi connectivity index (χ1v) is 6.36. The molecule has 96 valence electrons. The number of likely N-dealkylation sites (tertiary alicyclic amines) is 1. The predicted molar refractivity (Wildman–Crippen MR) is 69.0 cm³/mol. The molecular formula is C13H18N4O. The Kier molecular flexibility index (Phi) is 2.91. The van der Waals surface area contributed by atoms with Crippen molar-refractivity contribution in [3.8, 4) is 5.88 Å². The largest absolute Gasteiger partial charge is 0.481 e. The van der Waals surface area contributed by atoms with E-state index in [0.29, 0.717) is 5.92 Å². The molecule has 0 N–H and O–H groups in total. The molecule has 2 aromatic rings. The Bertz CT molecular complexity index is 543. The molecule has 3 rings (SSSR count). The molecule has 0 aromatic carbocycles. The van der Waals surface area contributed by atoms with Crippen molar-refractivity contribution in [3.05, 3.63) is 24.0 Å². The summed E-state index contributed by atoms with van der Waals surface area (Å²) in [6, 6.07) is 5.81. The Morgan fingerprint density at radius 3 is 2.78 bits per heavy atom. The van der Waals surface area contributed by atoms with Crippen molar-refractivity contribution in [1.29, 1.82) is 0 Å². The van der Waals surface area contributed by atoms with E-state index in [1.807, 2.05) is 18.2 Å². The van der Waals surface area contributed by atoms with Crippen LogP contribution < -0.4 is 4.74 Å². The van der Waals surface area contributed by atoms with E-state index >= 15 is 0 Å². The molecule has 1 aliphatic heterocycles. The molecule has 5 nitrogen and oxygen atoms in total. The number of hydrogen-bond acceptors (Lipinski definition) is 4. The van der Waals surface area contributed by atoms with Crippen LogP contribution in [0.15, 0.2) is 18.2 Å². The first-order valence-electron chi connectivity index (χ1n) is 6.36. The molecule has 0 unspecified atom stereocenters. The second kappa shape index (κ2) is 4.57. The van der Waals surface area contributed by atoms with Gasteiger partial charge in [0.25, 0.3) is 0 Å². The van der Waals surface area contributed by atoms with Crippen molar-refractivity contribution in [3.63, 3.8) is 0 Å². The normalized spacial score (nSPS) is 18.3. The van der Waals surface area contributed by atoms with Gasteiger partial charge in [-0.15, -0.1) is 5.10 Å². The number of hydrogen-bond donors (Lipinski definition) is 0. The van der Waals surface area contributed by atoms with Gasteiger partial charge >= 0.3 is 0 Å². The zero-order chi connectivity index (χ0) is 12.5. The molecule has 5 heteroatoms. The van der Waals surface area contributed by atoms with Crippen LogP contribution in [0, 0.1) is 0 Å². The van der Waals surface area contributed by atoms with E-state index < -0.39 is 0 Å². The van der Waals surface area contributed by atoms with Crippen molar-refractivity contribution >= 4 is 5.65 Å². The van der Waals surface area contributed by atoms with E-state index in [2.05, 4.69) is 22.0 Å². The Balaban J connectivity index is 1.93. The van der Waals surface area contributed by atoms with Crippen molar-refractivity contribution in [2.75, 3.05) is 27.2 Å². The number of pyridine rings is 1. The molecule has 0 amide bonds. The second-order valence-electron chi connectivity index (χ2n) is 4.89. The summed E-state index contributed by atoms with van der Waals surface area (Å²) in [5.74, 6) is 2.16. The number of rotatable bonds is 2. The van der Waals surface area contributed by atoms with Crippen molar-refractivity contribution < 1.29 is 4.74 Å². The van der Waals surface area contributed by atoms with Crippen LogP contribution in [0.1, 0.15) is 24.6 Å². The van der Waals surface area contributed by atoms with Crippen LogP contribution in [0.3, 0.4) is 0 Å². The van der Waals surface area contributed by atoms with Gasteiger partial charge < -0.3 is 9.64 Å². The fourth-order valence-electron chi connectivity index (χ4n) is 2.49. The molecule has 1 aliphatic rings. The SMILES string of the molecule is COc1cccc2nc(C3CCN(C)CC3)nn12. The van der Waals surface area contributed by atoms with Crippen molar-refractivity contribution in [2.45, 2.75) is 18.8 Å². The second-order valence-corrected chi connectivity index (χ2v) is 4.89. The lowest BCUT2D eigenvalue weighted by Gasteiger charge is -2.26. The van der Waals surface area contributed by atoms with Crippen LogP contribution in [0.25, 0.3) is 5.65 Å². The maximum absolute atomic E-state index is 5.30. The van der Waals surface area contributed by atoms with E-state index in [-0.39, 0.29) is 0 Å². The highest BCUT2D eigenvalue weighted by Gasteiger charge is 2.22. The molecule has 0 saturated carbocycles. The lowest BCUT2D eigenvalue weighted by atomic mass is 9.97. The lowest BCUT2D eigenvalue weighted by molar-refractivity contribution is 0.251. The van der Waals surface area contributed by atoms with Crippen LogP contribution in [0.5, 0.6) is 5.88 Å². The highest BCUT2D eigenvalue weighted by molar-refractivity contribution is 5.41. The summed E-state index contributed by atoms with van der Waals surface area (Å²) in [5, 5.41) is 4.59. The topological polar surface area (TPSA) is 42.7 Å². The Morgan fingerprint density at radius 2 is 2.06 bits per heavy atom. The van der Waals surface area contributed by atoms with Crippen LogP contribution in [0.4, 0.5) is 0 Å². The van der Waals surface area contributed by atoms with Gasteiger partial charge in [0.1, 0.15) is 0 Å². The minimum absolute atomic E-state index is 0.478. The minimum atomic E-state index is 0.478. The summed E-state index contributed by atoms with van der Waals surface area (Å²) in [4.78, 5) is 6.98. The first-order chi connectivity index (χ1) is 8.78. The van der Waals surface area contributed by atoms with Crippen molar-refractivity contribution in [1.82, 2.24) is 19.5 Å². The number of methoxy groups -OCH3 is 1. The monoisotopic (exact) mass is 246 g/mol. The fraction of sp³-hybridized carbons (Fsp3) is 0.538. The third-order valence-corrected chi connectivity index (χ3v) is 3.63. The van der Waals surface area contributed by atoms with E-state index in [9.17, 15) is 0 Å². The highest BCUT2D eigenvalue weighted by Crippen LogP contribution is 2.26. The van der Waals surface area contributed by atoms with Gasteiger partial charge in [0, 0.05) is 12.0 Å². The molecule has 0 radical (unpaired) electrons. The van der Waals surface area contributed by atoms with Gasteiger partial charge in [-0.05, 0) is 39.0 Å². The van der Waals surface area contributed by atoms with Gasteiger partial charge in [-0.2, -0.15) is 4.52 Å². The molecule has 0 spiro atoms. The molecule has 0 bridgehead atoms. The van der Waals surface area contributed by atoms with Gasteiger partial charge in [-0.3, -0.25) is 0 Å². The quantitative estimate of drug-likeness (QED) is 0.806. The summed E-state index contributed by atoms with van der Waals surface area (Å²) < 4.78 is 7.08. The number of aromatic nitrogens is 3. The van der Waals surface area contributed by atoms with Crippen LogP contribution in [-0.4, -0.2) is 46.7 Å². The zero-order valence-electron chi connectivity index (χ0n) is 10.8. The van der Waals surface area contributed by atoms with Crippen molar-refractivity contribution in [2.24, 2.45) is 0 Å². The van der Waals surface area contributed by atoms with Gasteiger partial charge in [0.2, 0.25) is 5.88 Å². The van der Waals surface area contributed by atoms with Crippen LogP contribution in [0.2, 0.25) is 0 Å². The number of ether oxygens (including phenoxy) is 1. The molecule has 1 saturated heterocycles. The summed E-state index contributed by atoms with van der Waals surface area (Å²) in [6.45, 7) is 2.24. The summed E-state index contributed by atoms with van der Waals surface area (Å²) in [5.41, 5.74) is 0.864. The Hall–Kier alpha value is -1.62. The minimum Gasteiger partial charge on any atom is -0.481 e. The van der Waals surface area contributed by atoms with E-state index in [1.54, 1.807) is 11.6 Å². The predicted octanol–water partition coefficient (Wildman–Crippen LogP) is 1.55. The number of fused-ring (bicyclic) bond motifs is 1. The molecule has 18 heavy (non-hydrogen) atoms.